The zero-order valence-electron chi connectivity index (χ0n) is 12.4. The van der Waals surface area contributed by atoms with E-state index in [1.807, 2.05) is 13.8 Å². The van der Waals surface area contributed by atoms with E-state index < -0.39 is 23.1 Å². The molecule has 0 spiro atoms. The maximum Gasteiger partial charge on any atom is 0.407 e. The summed E-state index contributed by atoms with van der Waals surface area (Å²) in [6.45, 7) is 4.12. The van der Waals surface area contributed by atoms with Gasteiger partial charge in [0.05, 0.1) is 18.1 Å². The molecule has 1 N–H and O–H groups in total. The van der Waals surface area contributed by atoms with Crippen molar-refractivity contribution in [3.63, 3.8) is 0 Å². The number of nitrogens with zero attached hydrogens (tertiary/aromatic N) is 1. The molecule has 1 aliphatic heterocycles. The highest BCUT2D eigenvalue weighted by Crippen LogP contribution is 2.58. The zero-order chi connectivity index (χ0) is 15.9. The molecule has 7 heteroatoms. The standard InChI is InChI=1S/C14H22F3NO3/c1-3-12(2)8-18(11(19)20)7-4-10(12)21-9-13(5-6-13)14(15,16)17/h10H,3-9H2,1-2H3,(H,19,20). The molecule has 4 nitrogen and oxygen atoms in total. The fraction of sp³-hybridized carbons (Fsp3) is 0.929. The molecule has 1 saturated carbocycles. The van der Waals surface area contributed by atoms with E-state index in [2.05, 4.69) is 0 Å². The first-order chi connectivity index (χ1) is 9.63. The minimum absolute atomic E-state index is 0.132. The Labute approximate surface area is 122 Å². The average molecular weight is 309 g/mol. The van der Waals surface area contributed by atoms with Gasteiger partial charge >= 0.3 is 12.3 Å². The van der Waals surface area contributed by atoms with Crippen molar-refractivity contribution in [2.75, 3.05) is 19.7 Å². The summed E-state index contributed by atoms with van der Waals surface area (Å²) >= 11 is 0. The summed E-state index contributed by atoms with van der Waals surface area (Å²) in [5.74, 6) is 0. The van der Waals surface area contributed by atoms with Crippen LogP contribution >= 0.6 is 0 Å². The molecule has 0 radical (unpaired) electrons. The van der Waals surface area contributed by atoms with Gasteiger partial charge in [-0.3, -0.25) is 0 Å². The Morgan fingerprint density at radius 3 is 2.48 bits per heavy atom. The van der Waals surface area contributed by atoms with Crippen LogP contribution in [0.5, 0.6) is 0 Å². The molecule has 0 aromatic rings. The number of alkyl halides is 3. The highest BCUT2D eigenvalue weighted by atomic mass is 19.4. The number of rotatable bonds is 4. The highest BCUT2D eigenvalue weighted by molar-refractivity contribution is 5.65. The van der Waals surface area contributed by atoms with Gasteiger partial charge in [-0.1, -0.05) is 13.8 Å². The number of halogens is 3. The largest absolute Gasteiger partial charge is 0.465 e. The molecule has 0 aromatic carbocycles. The van der Waals surface area contributed by atoms with E-state index in [1.165, 1.54) is 4.90 Å². The molecule has 1 heterocycles. The molecule has 2 rings (SSSR count). The number of likely N-dealkylation sites (tertiary alicyclic amines) is 1. The lowest BCUT2D eigenvalue weighted by Gasteiger charge is -2.45. The van der Waals surface area contributed by atoms with Crippen LogP contribution in [0.25, 0.3) is 0 Å². The summed E-state index contributed by atoms with van der Waals surface area (Å²) in [6, 6.07) is 0. The van der Waals surface area contributed by atoms with Gasteiger partial charge in [0.2, 0.25) is 0 Å². The van der Waals surface area contributed by atoms with E-state index in [0.29, 0.717) is 25.9 Å². The van der Waals surface area contributed by atoms with Crippen LogP contribution < -0.4 is 0 Å². The van der Waals surface area contributed by atoms with Gasteiger partial charge in [-0.25, -0.2) is 4.79 Å². The van der Waals surface area contributed by atoms with Crippen LogP contribution in [-0.2, 0) is 4.74 Å². The van der Waals surface area contributed by atoms with Crippen LogP contribution in [0, 0.1) is 10.8 Å². The van der Waals surface area contributed by atoms with Gasteiger partial charge in [-0.05, 0) is 25.7 Å². The monoisotopic (exact) mass is 309 g/mol. The molecular weight excluding hydrogens is 287 g/mol. The topological polar surface area (TPSA) is 49.8 Å². The molecule has 1 saturated heterocycles. The predicted octanol–water partition coefficient (Wildman–Crippen LogP) is 3.51. The molecule has 2 fully saturated rings. The third kappa shape index (κ3) is 3.12. The molecule has 2 aliphatic rings. The molecule has 21 heavy (non-hydrogen) atoms. The maximum absolute atomic E-state index is 12.9. The molecule has 0 bridgehead atoms. The summed E-state index contributed by atoms with van der Waals surface area (Å²) in [6.07, 6.45) is -4.14. The Kier molecular flexibility index (Phi) is 4.17. The second kappa shape index (κ2) is 5.34. The van der Waals surface area contributed by atoms with Gasteiger partial charge in [0, 0.05) is 18.5 Å². The summed E-state index contributed by atoms with van der Waals surface area (Å²) in [4.78, 5) is 12.4. The second-order valence-corrected chi connectivity index (χ2v) is 6.58. The maximum atomic E-state index is 12.9. The van der Waals surface area contributed by atoms with Crippen LogP contribution in [0.15, 0.2) is 0 Å². The van der Waals surface area contributed by atoms with Crippen molar-refractivity contribution in [3.05, 3.63) is 0 Å². The van der Waals surface area contributed by atoms with Gasteiger partial charge < -0.3 is 14.7 Å². The molecule has 2 atom stereocenters. The van der Waals surface area contributed by atoms with E-state index in [4.69, 9.17) is 9.84 Å². The second-order valence-electron chi connectivity index (χ2n) is 6.58. The van der Waals surface area contributed by atoms with E-state index in [1.54, 1.807) is 0 Å². The van der Waals surface area contributed by atoms with E-state index in [9.17, 15) is 18.0 Å². The first-order valence-corrected chi connectivity index (χ1v) is 7.30. The van der Waals surface area contributed by atoms with Crippen LogP contribution in [0.1, 0.15) is 39.5 Å². The molecule has 0 aromatic heterocycles. The number of carbonyl (C=O) groups is 1. The van der Waals surface area contributed by atoms with Gasteiger partial charge in [-0.15, -0.1) is 0 Å². The van der Waals surface area contributed by atoms with Crippen molar-refractivity contribution >= 4 is 6.09 Å². The fourth-order valence-electron chi connectivity index (χ4n) is 2.95. The Morgan fingerprint density at radius 2 is 2.05 bits per heavy atom. The Morgan fingerprint density at radius 1 is 1.43 bits per heavy atom. The smallest absolute Gasteiger partial charge is 0.407 e. The van der Waals surface area contributed by atoms with Crippen molar-refractivity contribution in [2.24, 2.45) is 10.8 Å². The fourth-order valence-corrected chi connectivity index (χ4v) is 2.95. The number of hydrogen-bond donors (Lipinski definition) is 1. The summed E-state index contributed by atoms with van der Waals surface area (Å²) in [5, 5.41) is 9.06. The van der Waals surface area contributed by atoms with Crippen molar-refractivity contribution in [1.82, 2.24) is 4.90 Å². The lowest BCUT2D eigenvalue weighted by molar-refractivity contribution is -0.213. The number of ether oxygens (including phenoxy) is 1. The molecule has 1 aliphatic carbocycles. The lowest BCUT2D eigenvalue weighted by atomic mass is 9.77. The summed E-state index contributed by atoms with van der Waals surface area (Å²) in [5.41, 5.74) is -2.09. The lowest BCUT2D eigenvalue weighted by Crippen LogP contribution is -2.53. The van der Waals surface area contributed by atoms with Crippen molar-refractivity contribution in [1.29, 1.82) is 0 Å². The van der Waals surface area contributed by atoms with Gasteiger partial charge in [0.15, 0.2) is 0 Å². The Bertz CT molecular complexity index is 409. The first-order valence-electron chi connectivity index (χ1n) is 7.30. The van der Waals surface area contributed by atoms with Crippen LogP contribution in [-0.4, -0.2) is 48.1 Å². The molecule has 122 valence electrons. The van der Waals surface area contributed by atoms with Crippen LogP contribution in [0.3, 0.4) is 0 Å². The number of hydrogen-bond acceptors (Lipinski definition) is 2. The third-order valence-corrected chi connectivity index (χ3v) is 5.08. The Hall–Kier alpha value is -0.980. The third-order valence-electron chi connectivity index (χ3n) is 5.08. The number of amides is 1. The van der Waals surface area contributed by atoms with Crippen molar-refractivity contribution in [2.45, 2.75) is 51.8 Å². The quantitative estimate of drug-likeness (QED) is 0.864. The van der Waals surface area contributed by atoms with Gasteiger partial charge in [0.25, 0.3) is 0 Å². The number of piperidine rings is 1. The average Bonchev–Trinajstić information content (AvgIpc) is 3.17. The van der Waals surface area contributed by atoms with Gasteiger partial charge in [0.1, 0.15) is 0 Å². The molecule has 2 unspecified atom stereocenters. The van der Waals surface area contributed by atoms with Crippen molar-refractivity contribution in [3.8, 4) is 0 Å². The normalized spacial score (nSPS) is 32.0. The summed E-state index contributed by atoms with van der Waals surface area (Å²) < 4.78 is 44.4. The number of carboxylic acid groups (broad SMARTS) is 1. The Balaban J connectivity index is 1.98. The predicted molar refractivity (Wildman–Crippen MR) is 70.1 cm³/mol. The highest BCUT2D eigenvalue weighted by Gasteiger charge is 2.63. The van der Waals surface area contributed by atoms with E-state index >= 15 is 0 Å². The molecular formula is C14H22F3NO3. The van der Waals surface area contributed by atoms with E-state index in [-0.39, 0.29) is 25.6 Å². The molecule has 1 amide bonds. The van der Waals surface area contributed by atoms with Crippen LogP contribution in [0.4, 0.5) is 18.0 Å². The SMILES string of the molecule is CCC1(C)CN(C(=O)O)CCC1OCC1(C(F)(F)F)CC1. The first kappa shape index (κ1) is 16.4. The van der Waals surface area contributed by atoms with E-state index in [0.717, 1.165) is 0 Å². The summed E-state index contributed by atoms with van der Waals surface area (Å²) in [7, 11) is 0. The van der Waals surface area contributed by atoms with Gasteiger partial charge in [-0.2, -0.15) is 13.2 Å². The minimum atomic E-state index is -4.21. The zero-order valence-corrected chi connectivity index (χ0v) is 12.4. The minimum Gasteiger partial charge on any atom is -0.465 e. The van der Waals surface area contributed by atoms with Crippen LogP contribution in [0.2, 0.25) is 0 Å². The van der Waals surface area contributed by atoms with Crippen molar-refractivity contribution < 1.29 is 27.8 Å².